The molecule has 0 unspecified atom stereocenters. The second-order valence-electron chi connectivity index (χ2n) is 7.16. The van der Waals surface area contributed by atoms with E-state index in [-0.39, 0.29) is 5.41 Å². The highest BCUT2D eigenvalue weighted by Crippen LogP contribution is 2.29. The number of benzene rings is 2. The van der Waals surface area contributed by atoms with Crippen LogP contribution in [0.4, 0.5) is 0 Å². The molecule has 2 aromatic carbocycles. The number of carboxylic acids is 1. The Kier molecular flexibility index (Phi) is 3.88. The molecule has 3 nitrogen and oxygen atoms in total. The van der Waals surface area contributed by atoms with Crippen molar-refractivity contribution in [1.29, 1.82) is 0 Å². The smallest absolute Gasteiger partial charge is 0.336 e. The summed E-state index contributed by atoms with van der Waals surface area (Å²) in [6.07, 6.45) is 0. The molecule has 122 valence electrons. The summed E-state index contributed by atoms with van der Waals surface area (Å²) in [5.74, 6) is -0.930. The molecule has 24 heavy (non-hydrogen) atoms. The van der Waals surface area contributed by atoms with Gasteiger partial charge in [-0.25, -0.2) is 9.78 Å². The van der Waals surface area contributed by atoms with Gasteiger partial charge < -0.3 is 5.11 Å². The molecule has 1 aromatic heterocycles. The third kappa shape index (κ3) is 2.90. The van der Waals surface area contributed by atoms with Crippen molar-refractivity contribution in [1.82, 2.24) is 4.98 Å². The van der Waals surface area contributed by atoms with E-state index in [0.29, 0.717) is 16.6 Å². The Bertz CT molecular complexity index is 919. The van der Waals surface area contributed by atoms with Crippen LogP contribution in [-0.2, 0) is 5.41 Å². The monoisotopic (exact) mass is 319 g/mol. The fraction of sp³-hybridized carbons (Fsp3) is 0.238. The molecule has 3 aromatic rings. The Hall–Kier alpha value is -2.68. The zero-order chi connectivity index (χ0) is 17.5. The molecule has 0 saturated heterocycles. The maximum atomic E-state index is 11.7. The van der Waals surface area contributed by atoms with Gasteiger partial charge in [-0.1, -0.05) is 63.2 Å². The number of aryl methyl sites for hydroxylation is 1. The molecule has 0 fully saturated rings. The van der Waals surface area contributed by atoms with Crippen molar-refractivity contribution in [3.8, 4) is 11.3 Å². The van der Waals surface area contributed by atoms with Crippen LogP contribution in [0.15, 0.2) is 48.5 Å². The van der Waals surface area contributed by atoms with E-state index in [4.69, 9.17) is 4.98 Å². The number of aromatic carboxylic acids is 1. The molecule has 0 radical (unpaired) electrons. The summed E-state index contributed by atoms with van der Waals surface area (Å²) in [4.78, 5) is 16.4. The second kappa shape index (κ2) is 5.75. The fourth-order valence-corrected chi connectivity index (χ4v) is 2.86. The summed E-state index contributed by atoms with van der Waals surface area (Å²) >= 11 is 0. The lowest BCUT2D eigenvalue weighted by atomic mass is 9.86. The van der Waals surface area contributed by atoms with Crippen molar-refractivity contribution in [2.45, 2.75) is 33.1 Å². The summed E-state index contributed by atoms with van der Waals surface area (Å²) in [7, 11) is 0. The van der Waals surface area contributed by atoms with Crippen LogP contribution in [0.2, 0.25) is 0 Å². The lowest BCUT2D eigenvalue weighted by Gasteiger charge is -2.19. The number of fused-ring (bicyclic) bond motifs is 1. The van der Waals surface area contributed by atoms with Gasteiger partial charge in [0.2, 0.25) is 0 Å². The Balaban J connectivity index is 2.20. The van der Waals surface area contributed by atoms with Crippen LogP contribution in [-0.4, -0.2) is 16.1 Å². The number of nitrogens with zero attached hydrogens (tertiary/aromatic N) is 1. The van der Waals surface area contributed by atoms with Crippen molar-refractivity contribution in [3.63, 3.8) is 0 Å². The fourth-order valence-electron chi connectivity index (χ4n) is 2.86. The molecule has 0 saturated carbocycles. The summed E-state index contributed by atoms with van der Waals surface area (Å²) in [5.41, 5.74) is 4.94. The normalized spacial score (nSPS) is 11.7. The predicted molar refractivity (Wildman–Crippen MR) is 97.6 cm³/mol. The lowest BCUT2D eigenvalue weighted by Crippen LogP contribution is -2.10. The van der Waals surface area contributed by atoms with Crippen molar-refractivity contribution >= 4 is 16.9 Å². The third-order valence-electron chi connectivity index (χ3n) is 4.32. The first kappa shape index (κ1) is 16.2. The SMILES string of the molecule is Cc1cccc2c(C(=O)O)cc(-c3ccc(C(C)(C)C)cc3)nc12. The highest BCUT2D eigenvalue weighted by atomic mass is 16.4. The first-order valence-electron chi connectivity index (χ1n) is 8.02. The zero-order valence-electron chi connectivity index (χ0n) is 14.4. The molecule has 3 heteroatoms. The highest BCUT2D eigenvalue weighted by molar-refractivity contribution is 6.04. The van der Waals surface area contributed by atoms with Gasteiger partial charge >= 0.3 is 5.97 Å². The van der Waals surface area contributed by atoms with Gasteiger partial charge in [-0.3, -0.25) is 0 Å². The summed E-state index contributed by atoms with van der Waals surface area (Å²) in [5, 5.41) is 10.2. The van der Waals surface area contributed by atoms with Crippen LogP contribution < -0.4 is 0 Å². The van der Waals surface area contributed by atoms with E-state index in [9.17, 15) is 9.90 Å². The second-order valence-corrected chi connectivity index (χ2v) is 7.16. The number of carbonyl (C=O) groups is 1. The number of rotatable bonds is 2. The van der Waals surface area contributed by atoms with Gasteiger partial charge in [0.05, 0.1) is 16.8 Å². The Morgan fingerprint density at radius 2 is 1.71 bits per heavy atom. The zero-order valence-corrected chi connectivity index (χ0v) is 14.4. The molecule has 0 atom stereocenters. The molecule has 0 amide bonds. The molecule has 0 bridgehead atoms. The standard InChI is InChI=1S/C21H21NO2/c1-13-6-5-7-16-17(20(23)24)12-18(22-19(13)16)14-8-10-15(11-9-14)21(2,3)4/h5-12H,1-4H3,(H,23,24). The molecule has 0 aliphatic rings. The van der Waals surface area contributed by atoms with E-state index in [0.717, 1.165) is 16.6 Å². The van der Waals surface area contributed by atoms with Gasteiger partial charge in [0.1, 0.15) is 0 Å². The lowest BCUT2D eigenvalue weighted by molar-refractivity contribution is 0.0699. The minimum absolute atomic E-state index is 0.0815. The maximum Gasteiger partial charge on any atom is 0.336 e. The average molecular weight is 319 g/mol. The van der Waals surface area contributed by atoms with Crippen LogP contribution in [0.1, 0.15) is 42.3 Å². The van der Waals surface area contributed by atoms with Crippen molar-refractivity contribution in [2.75, 3.05) is 0 Å². The van der Waals surface area contributed by atoms with Crippen LogP contribution >= 0.6 is 0 Å². The number of pyridine rings is 1. The van der Waals surface area contributed by atoms with E-state index in [1.165, 1.54) is 5.56 Å². The van der Waals surface area contributed by atoms with Gasteiger partial charge in [-0.15, -0.1) is 0 Å². The van der Waals surface area contributed by atoms with Gasteiger partial charge in [0.25, 0.3) is 0 Å². The van der Waals surface area contributed by atoms with Crippen LogP contribution in [0, 0.1) is 6.92 Å². The molecule has 0 aliphatic heterocycles. The minimum Gasteiger partial charge on any atom is -0.478 e. The highest BCUT2D eigenvalue weighted by Gasteiger charge is 2.16. The molecular weight excluding hydrogens is 298 g/mol. The van der Waals surface area contributed by atoms with Crippen molar-refractivity contribution < 1.29 is 9.90 Å². The molecular formula is C21H21NO2. The molecule has 3 rings (SSSR count). The number of hydrogen-bond acceptors (Lipinski definition) is 2. The molecule has 1 heterocycles. The van der Waals surface area contributed by atoms with E-state index in [2.05, 4.69) is 32.9 Å². The molecule has 0 spiro atoms. The average Bonchev–Trinajstić information content (AvgIpc) is 2.53. The topological polar surface area (TPSA) is 50.2 Å². The first-order chi connectivity index (χ1) is 11.3. The Morgan fingerprint density at radius 1 is 1.04 bits per heavy atom. The van der Waals surface area contributed by atoms with Crippen LogP contribution in [0.3, 0.4) is 0 Å². The van der Waals surface area contributed by atoms with Gasteiger partial charge in [-0.2, -0.15) is 0 Å². The van der Waals surface area contributed by atoms with Crippen LogP contribution in [0.25, 0.3) is 22.2 Å². The van der Waals surface area contributed by atoms with Crippen LogP contribution in [0.5, 0.6) is 0 Å². The predicted octanol–water partition coefficient (Wildman–Crippen LogP) is 5.21. The maximum absolute atomic E-state index is 11.7. The van der Waals surface area contributed by atoms with E-state index in [1.54, 1.807) is 6.07 Å². The Morgan fingerprint density at radius 3 is 2.29 bits per heavy atom. The summed E-state index contributed by atoms with van der Waals surface area (Å²) in [6.45, 7) is 8.46. The van der Waals surface area contributed by atoms with E-state index in [1.807, 2.05) is 37.3 Å². The molecule has 0 aliphatic carbocycles. The number of aromatic nitrogens is 1. The number of hydrogen-bond donors (Lipinski definition) is 1. The molecule has 1 N–H and O–H groups in total. The van der Waals surface area contributed by atoms with E-state index >= 15 is 0 Å². The first-order valence-corrected chi connectivity index (χ1v) is 8.02. The van der Waals surface area contributed by atoms with Gasteiger partial charge in [0, 0.05) is 10.9 Å². The summed E-state index contributed by atoms with van der Waals surface area (Å²) in [6, 6.07) is 15.5. The van der Waals surface area contributed by atoms with Crippen molar-refractivity contribution in [2.24, 2.45) is 0 Å². The van der Waals surface area contributed by atoms with Crippen molar-refractivity contribution in [3.05, 3.63) is 65.2 Å². The summed E-state index contributed by atoms with van der Waals surface area (Å²) < 4.78 is 0. The van der Waals surface area contributed by atoms with Gasteiger partial charge in [-0.05, 0) is 29.5 Å². The largest absolute Gasteiger partial charge is 0.478 e. The third-order valence-corrected chi connectivity index (χ3v) is 4.32. The number of para-hydroxylation sites is 1. The number of carboxylic acid groups (broad SMARTS) is 1. The quantitative estimate of drug-likeness (QED) is 0.705. The van der Waals surface area contributed by atoms with E-state index < -0.39 is 5.97 Å². The minimum atomic E-state index is -0.930. The van der Waals surface area contributed by atoms with Gasteiger partial charge in [0.15, 0.2) is 0 Å². The Labute approximate surface area is 142 Å².